The molecule has 0 unspecified atom stereocenters. The Morgan fingerprint density at radius 1 is 1.37 bits per heavy atom. The quantitative estimate of drug-likeness (QED) is 0.878. The van der Waals surface area contributed by atoms with Crippen molar-refractivity contribution in [3.8, 4) is 0 Å². The number of nitrogens with zero attached hydrogens (tertiary/aromatic N) is 1. The number of anilines is 1. The van der Waals surface area contributed by atoms with Crippen LogP contribution < -0.4 is 10.2 Å². The van der Waals surface area contributed by atoms with Crippen LogP contribution in [-0.2, 0) is 4.79 Å². The summed E-state index contributed by atoms with van der Waals surface area (Å²) < 4.78 is 13.1. The van der Waals surface area contributed by atoms with Gasteiger partial charge in [0.15, 0.2) is 0 Å². The number of carbonyl (C=O) groups is 2. The van der Waals surface area contributed by atoms with E-state index in [2.05, 4.69) is 5.32 Å². The van der Waals surface area contributed by atoms with Gasteiger partial charge in [-0.15, -0.1) is 0 Å². The van der Waals surface area contributed by atoms with Gasteiger partial charge < -0.3 is 10.4 Å². The van der Waals surface area contributed by atoms with Gasteiger partial charge in [0, 0.05) is 12.7 Å². The summed E-state index contributed by atoms with van der Waals surface area (Å²) in [6, 6.07) is 3.93. The molecule has 0 fully saturated rings. The van der Waals surface area contributed by atoms with Crippen LogP contribution in [0.25, 0.3) is 0 Å². The smallest absolute Gasteiger partial charge is 0.326 e. The maximum Gasteiger partial charge on any atom is 0.326 e. The fraction of sp³-hybridized carbons (Fsp3) is 0.385. The maximum atomic E-state index is 13.1. The van der Waals surface area contributed by atoms with E-state index >= 15 is 0 Å². The molecule has 104 valence electrons. The van der Waals surface area contributed by atoms with Gasteiger partial charge in [-0.25, -0.2) is 14.0 Å². The van der Waals surface area contributed by atoms with Gasteiger partial charge in [-0.05, 0) is 24.1 Å². The Kier molecular flexibility index (Phi) is 4.86. The second-order valence-corrected chi connectivity index (χ2v) is 4.55. The number of carbonyl (C=O) groups excluding carboxylic acids is 1. The van der Waals surface area contributed by atoms with Crippen molar-refractivity contribution in [3.63, 3.8) is 0 Å². The predicted octanol–water partition coefficient (Wildman–Crippen LogP) is 2.08. The van der Waals surface area contributed by atoms with Gasteiger partial charge in [0.25, 0.3) is 0 Å². The van der Waals surface area contributed by atoms with E-state index in [1.807, 2.05) is 0 Å². The number of carboxylic acid groups (broad SMARTS) is 1. The lowest BCUT2D eigenvalue weighted by Gasteiger charge is -2.23. The third-order valence-electron chi connectivity index (χ3n) is 2.71. The van der Waals surface area contributed by atoms with E-state index in [1.54, 1.807) is 19.9 Å². The summed E-state index contributed by atoms with van der Waals surface area (Å²) in [5.74, 6) is -1.81. The number of carboxylic acids is 1. The monoisotopic (exact) mass is 268 g/mol. The largest absolute Gasteiger partial charge is 0.480 e. The number of aliphatic carboxylic acids is 1. The van der Waals surface area contributed by atoms with Gasteiger partial charge in [-0.3, -0.25) is 4.90 Å². The first-order valence-corrected chi connectivity index (χ1v) is 5.85. The molecule has 1 atom stereocenters. The molecule has 2 amide bonds. The minimum absolute atomic E-state index is 0.248. The summed E-state index contributed by atoms with van der Waals surface area (Å²) in [7, 11) is 1.45. The topological polar surface area (TPSA) is 69.6 Å². The molecular weight excluding hydrogens is 251 g/mol. The Labute approximate surface area is 111 Å². The lowest BCUT2D eigenvalue weighted by molar-refractivity contribution is -0.140. The highest BCUT2D eigenvalue weighted by molar-refractivity contribution is 5.94. The number of hydrogen-bond donors (Lipinski definition) is 2. The second-order valence-electron chi connectivity index (χ2n) is 4.55. The Balaban J connectivity index is 2.80. The molecule has 0 radical (unpaired) electrons. The molecule has 0 aliphatic heterocycles. The van der Waals surface area contributed by atoms with Gasteiger partial charge in [0.05, 0.1) is 0 Å². The molecule has 0 heterocycles. The van der Waals surface area contributed by atoms with E-state index in [0.717, 1.165) is 0 Å². The average molecular weight is 268 g/mol. The van der Waals surface area contributed by atoms with Crippen molar-refractivity contribution in [3.05, 3.63) is 30.1 Å². The molecular formula is C13H17FN2O3. The molecule has 1 aromatic carbocycles. The third kappa shape index (κ3) is 3.94. The summed E-state index contributed by atoms with van der Waals surface area (Å²) in [6.07, 6.45) is 0. The van der Waals surface area contributed by atoms with Crippen molar-refractivity contribution in [2.75, 3.05) is 11.9 Å². The van der Waals surface area contributed by atoms with Crippen LogP contribution >= 0.6 is 0 Å². The molecule has 0 aromatic heterocycles. The van der Waals surface area contributed by atoms with E-state index < -0.39 is 23.9 Å². The molecule has 1 aromatic rings. The summed E-state index contributed by atoms with van der Waals surface area (Å²) in [5, 5.41) is 11.4. The number of amides is 2. The molecule has 19 heavy (non-hydrogen) atoms. The Morgan fingerprint density at radius 3 is 2.47 bits per heavy atom. The highest BCUT2D eigenvalue weighted by Crippen LogP contribution is 2.14. The van der Waals surface area contributed by atoms with Crippen LogP contribution in [0.2, 0.25) is 0 Å². The summed E-state index contributed by atoms with van der Waals surface area (Å²) in [4.78, 5) is 24.1. The standard InChI is InChI=1S/C13H17FN2O3/c1-8(2)11(12(17)18)15-13(19)16(3)10-6-4-5-9(14)7-10/h4-8,11H,1-3H3,(H,15,19)(H,17,18)/t11-/m0/s1. The molecule has 6 heteroatoms. The fourth-order valence-corrected chi connectivity index (χ4v) is 1.55. The molecule has 0 aliphatic rings. The van der Waals surface area contributed by atoms with Crippen LogP contribution in [-0.4, -0.2) is 30.2 Å². The van der Waals surface area contributed by atoms with Gasteiger partial charge >= 0.3 is 12.0 Å². The minimum Gasteiger partial charge on any atom is -0.480 e. The lowest BCUT2D eigenvalue weighted by atomic mass is 10.1. The molecule has 5 nitrogen and oxygen atoms in total. The van der Waals surface area contributed by atoms with Gasteiger partial charge in [-0.1, -0.05) is 19.9 Å². The predicted molar refractivity (Wildman–Crippen MR) is 69.6 cm³/mol. The van der Waals surface area contributed by atoms with Crippen molar-refractivity contribution in [1.29, 1.82) is 0 Å². The van der Waals surface area contributed by atoms with Crippen LogP contribution in [0.15, 0.2) is 24.3 Å². The first-order chi connectivity index (χ1) is 8.82. The molecule has 0 aliphatic carbocycles. The normalized spacial score (nSPS) is 12.1. The first kappa shape index (κ1) is 14.9. The zero-order valence-corrected chi connectivity index (χ0v) is 11.1. The summed E-state index contributed by atoms with van der Waals surface area (Å²) in [6.45, 7) is 3.39. The van der Waals surface area contributed by atoms with Crippen LogP contribution in [0.3, 0.4) is 0 Å². The van der Waals surface area contributed by atoms with Gasteiger partial charge in [0.1, 0.15) is 11.9 Å². The SMILES string of the molecule is CC(C)[C@H](NC(=O)N(C)c1cccc(F)c1)C(=O)O. The molecule has 1 rings (SSSR count). The molecule has 0 spiro atoms. The van der Waals surface area contributed by atoms with E-state index in [-0.39, 0.29) is 5.92 Å². The zero-order valence-electron chi connectivity index (χ0n) is 11.1. The van der Waals surface area contributed by atoms with Gasteiger partial charge in [0.2, 0.25) is 0 Å². The Hall–Kier alpha value is -2.11. The van der Waals surface area contributed by atoms with Crippen LogP contribution in [0.1, 0.15) is 13.8 Å². The number of nitrogens with one attached hydrogen (secondary N) is 1. The lowest BCUT2D eigenvalue weighted by Crippen LogP contribution is -2.49. The molecule has 0 saturated heterocycles. The van der Waals surface area contributed by atoms with E-state index in [0.29, 0.717) is 5.69 Å². The Morgan fingerprint density at radius 2 is 2.00 bits per heavy atom. The van der Waals surface area contributed by atoms with Crippen molar-refractivity contribution < 1.29 is 19.1 Å². The molecule has 2 N–H and O–H groups in total. The Bertz CT molecular complexity index is 477. The highest BCUT2D eigenvalue weighted by atomic mass is 19.1. The molecule has 0 bridgehead atoms. The minimum atomic E-state index is -1.10. The van der Waals surface area contributed by atoms with Crippen molar-refractivity contribution in [2.45, 2.75) is 19.9 Å². The zero-order chi connectivity index (χ0) is 14.6. The fourth-order valence-electron chi connectivity index (χ4n) is 1.55. The number of hydrogen-bond acceptors (Lipinski definition) is 2. The number of urea groups is 1. The van der Waals surface area contributed by atoms with Gasteiger partial charge in [-0.2, -0.15) is 0 Å². The van der Waals surface area contributed by atoms with Crippen LogP contribution in [0.5, 0.6) is 0 Å². The maximum absolute atomic E-state index is 13.1. The highest BCUT2D eigenvalue weighted by Gasteiger charge is 2.25. The second kappa shape index (κ2) is 6.17. The first-order valence-electron chi connectivity index (χ1n) is 5.85. The summed E-state index contributed by atoms with van der Waals surface area (Å²) >= 11 is 0. The van der Waals surface area contributed by atoms with E-state index in [1.165, 1.54) is 30.1 Å². The third-order valence-corrected chi connectivity index (χ3v) is 2.71. The van der Waals surface area contributed by atoms with Crippen molar-refractivity contribution >= 4 is 17.7 Å². The molecule has 0 saturated carbocycles. The van der Waals surface area contributed by atoms with E-state index in [4.69, 9.17) is 5.11 Å². The van der Waals surface area contributed by atoms with Crippen molar-refractivity contribution in [1.82, 2.24) is 5.32 Å². The number of halogens is 1. The van der Waals surface area contributed by atoms with Crippen LogP contribution in [0.4, 0.5) is 14.9 Å². The number of rotatable bonds is 4. The number of benzene rings is 1. The van der Waals surface area contributed by atoms with Crippen molar-refractivity contribution in [2.24, 2.45) is 5.92 Å². The van der Waals surface area contributed by atoms with E-state index in [9.17, 15) is 14.0 Å². The van der Waals surface area contributed by atoms with Crippen LogP contribution in [0, 0.1) is 11.7 Å². The average Bonchev–Trinajstić information content (AvgIpc) is 2.33. The summed E-state index contributed by atoms with van der Waals surface area (Å²) in [5.41, 5.74) is 0.352.